The molecule has 0 spiro atoms. The molecule has 1 aromatic heterocycles. The minimum Gasteiger partial charge on any atom is -0.302 e. The van der Waals surface area contributed by atoms with Crippen LogP contribution >= 0.6 is 50.6 Å². The quantitative estimate of drug-likeness (QED) is 0.521. The van der Waals surface area contributed by atoms with E-state index in [1.165, 1.54) is 11.3 Å². The predicted molar refractivity (Wildman–Crippen MR) is 103 cm³/mol. The summed E-state index contributed by atoms with van der Waals surface area (Å²) in [7, 11) is 0. The fraction of sp³-hybridized carbons (Fsp3) is 0.125. The number of thioether (sulfide) groups is 1. The van der Waals surface area contributed by atoms with Crippen LogP contribution in [0, 0.1) is 0 Å². The zero-order valence-electron chi connectivity index (χ0n) is 11.9. The van der Waals surface area contributed by atoms with Crippen molar-refractivity contribution in [3.05, 3.63) is 52.0 Å². The van der Waals surface area contributed by atoms with Crippen molar-refractivity contribution in [3.63, 3.8) is 0 Å². The standard InChI is InChI=1S/C16H12BrClN2OS2/c17-10-1-6-13-14(9-10)23-16(19-13)20-15(21)7-8-22-12-4-2-11(18)3-5-12/h1-6,9H,7-8H2,(H,19,20,21). The molecule has 0 unspecified atom stereocenters. The number of carbonyl (C=O) groups is 1. The molecule has 0 saturated heterocycles. The van der Waals surface area contributed by atoms with Crippen molar-refractivity contribution in [3.8, 4) is 0 Å². The first-order valence-corrected chi connectivity index (χ1v) is 9.82. The van der Waals surface area contributed by atoms with Crippen molar-refractivity contribution in [1.82, 2.24) is 4.98 Å². The highest BCUT2D eigenvalue weighted by atomic mass is 79.9. The number of fused-ring (bicyclic) bond motifs is 1. The maximum atomic E-state index is 12.0. The Labute approximate surface area is 155 Å². The third kappa shape index (κ3) is 4.70. The molecule has 0 bridgehead atoms. The molecule has 0 aliphatic rings. The first-order chi connectivity index (χ1) is 11.1. The van der Waals surface area contributed by atoms with Crippen LogP contribution in [0.3, 0.4) is 0 Å². The number of aromatic nitrogens is 1. The smallest absolute Gasteiger partial charge is 0.226 e. The van der Waals surface area contributed by atoms with Crippen molar-refractivity contribution in [1.29, 1.82) is 0 Å². The topological polar surface area (TPSA) is 42.0 Å². The number of carbonyl (C=O) groups excluding carboxylic acids is 1. The Morgan fingerprint density at radius 1 is 1.26 bits per heavy atom. The van der Waals surface area contributed by atoms with Crippen LogP contribution in [-0.2, 0) is 4.79 Å². The fourth-order valence-electron chi connectivity index (χ4n) is 1.93. The average molecular weight is 428 g/mol. The number of hydrogen-bond acceptors (Lipinski definition) is 4. The Morgan fingerprint density at radius 3 is 2.83 bits per heavy atom. The van der Waals surface area contributed by atoms with Crippen molar-refractivity contribution >= 4 is 71.9 Å². The normalized spacial score (nSPS) is 10.9. The van der Waals surface area contributed by atoms with Gasteiger partial charge in [0.25, 0.3) is 0 Å². The Hall–Kier alpha value is -1.08. The van der Waals surface area contributed by atoms with Gasteiger partial charge in [-0.2, -0.15) is 0 Å². The van der Waals surface area contributed by atoms with Gasteiger partial charge in [-0.3, -0.25) is 4.79 Å². The van der Waals surface area contributed by atoms with E-state index in [4.69, 9.17) is 11.6 Å². The second-order valence-corrected chi connectivity index (χ2v) is 8.28. The SMILES string of the molecule is O=C(CCSc1ccc(Cl)cc1)Nc1nc2ccc(Br)cc2s1. The molecular weight excluding hydrogens is 416 g/mol. The number of nitrogens with zero attached hydrogens (tertiary/aromatic N) is 1. The molecule has 23 heavy (non-hydrogen) atoms. The molecule has 0 radical (unpaired) electrons. The maximum Gasteiger partial charge on any atom is 0.226 e. The molecule has 3 nitrogen and oxygen atoms in total. The lowest BCUT2D eigenvalue weighted by Crippen LogP contribution is -2.11. The molecule has 0 fully saturated rings. The molecule has 0 aliphatic carbocycles. The number of hydrogen-bond donors (Lipinski definition) is 1. The Balaban J connectivity index is 1.53. The first kappa shape index (κ1) is 16.8. The summed E-state index contributed by atoms with van der Waals surface area (Å²) >= 11 is 12.4. The second-order valence-electron chi connectivity index (χ2n) is 4.73. The average Bonchev–Trinajstić information content (AvgIpc) is 2.90. The number of thiazole rings is 1. The van der Waals surface area contributed by atoms with Crippen LogP contribution < -0.4 is 5.32 Å². The van der Waals surface area contributed by atoms with E-state index < -0.39 is 0 Å². The lowest BCUT2D eigenvalue weighted by atomic mass is 10.3. The van der Waals surface area contributed by atoms with Gasteiger partial charge in [0.05, 0.1) is 10.2 Å². The van der Waals surface area contributed by atoms with E-state index in [0.29, 0.717) is 17.3 Å². The fourth-order valence-corrected chi connectivity index (χ4v) is 4.34. The third-order valence-corrected chi connectivity index (χ3v) is 5.70. The van der Waals surface area contributed by atoms with Crippen LogP contribution in [0.4, 0.5) is 5.13 Å². The van der Waals surface area contributed by atoms with E-state index in [1.54, 1.807) is 11.8 Å². The van der Waals surface area contributed by atoms with E-state index in [1.807, 2.05) is 42.5 Å². The van der Waals surface area contributed by atoms with Gasteiger partial charge < -0.3 is 5.32 Å². The number of anilines is 1. The summed E-state index contributed by atoms with van der Waals surface area (Å²) in [6, 6.07) is 13.5. The number of benzene rings is 2. The summed E-state index contributed by atoms with van der Waals surface area (Å²) in [5.41, 5.74) is 0.893. The van der Waals surface area contributed by atoms with Crippen molar-refractivity contribution in [2.45, 2.75) is 11.3 Å². The van der Waals surface area contributed by atoms with Crippen LogP contribution in [0.15, 0.2) is 51.8 Å². The Kier molecular flexibility index (Phi) is 5.58. The number of halogens is 2. The van der Waals surface area contributed by atoms with Gasteiger partial charge in [-0.1, -0.05) is 38.9 Å². The lowest BCUT2D eigenvalue weighted by Gasteiger charge is -2.02. The predicted octanol–water partition coefficient (Wildman–Crippen LogP) is 5.83. The van der Waals surface area contributed by atoms with Gasteiger partial charge >= 0.3 is 0 Å². The molecule has 118 valence electrons. The minimum absolute atomic E-state index is 0.0235. The van der Waals surface area contributed by atoms with Crippen molar-refractivity contribution in [2.24, 2.45) is 0 Å². The summed E-state index contributed by atoms with van der Waals surface area (Å²) in [6.07, 6.45) is 0.437. The number of nitrogens with one attached hydrogen (secondary N) is 1. The van der Waals surface area contributed by atoms with E-state index >= 15 is 0 Å². The third-order valence-electron chi connectivity index (χ3n) is 3.01. The molecule has 1 amide bonds. The van der Waals surface area contributed by atoms with Crippen LogP contribution in [-0.4, -0.2) is 16.6 Å². The van der Waals surface area contributed by atoms with Gasteiger partial charge in [-0.05, 0) is 42.5 Å². The summed E-state index contributed by atoms with van der Waals surface area (Å²) < 4.78 is 2.05. The van der Waals surface area contributed by atoms with Crippen LogP contribution in [0.2, 0.25) is 5.02 Å². The summed E-state index contributed by atoms with van der Waals surface area (Å²) in [6.45, 7) is 0. The summed E-state index contributed by atoms with van der Waals surface area (Å²) in [5.74, 6) is 0.689. The molecule has 1 heterocycles. The van der Waals surface area contributed by atoms with Gasteiger partial charge in [0.15, 0.2) is 5.13 Å². The van der Waals surface area contributed by atoms with E-state index in [0.717, 1.165) is 24.6 Å². The highest BCUT2D eigenvalue weighted by molar-refractivity contribution is 9.10. The van der Waals surface area contributed by atoms with Crippen LogP contribution in [0.25, 0.3) is 10.2 Å². The zero-order valence-corrected chi connectivity index (χ0v) is 15.9. The van der Waals surface area contributed by atoms with Gasteiger partial charge in [-0.25, -0.2) is 4.98 Å². The summed E-state index contributed by atoms with van der Waals surface area (Å²) in [5, 5.41) is 4.22. The molecule has 3 rings (SSSR count). The molecular formula is C16H12BrClN2OS2. The molecule has 7 heteroatoms. The molecule has 2 aromatic carbocycles. The van der Waals surface area contributed by atoms with E-state index in [9.17, 15) is 4.79 Å². The molecule has 1 N–H and O–H groups in total. The molecule has 0 aliphatic heterocycles. The van der Waals surface area contributed by atoms with Gasteiger partial charge in [0.1, 0.15) is 0 Å². The van der Waals surface area contributed by atoms with Gasteiger partial charge in [0.2, 0.25) is 5.91 Å². The number of rotatable bonds is 5. The zero-order chi connectivity index (χ0) is 16.2. The molecule has 0 atom stereocenters. The second kappa shape index (κ2) is 7.66. The molecule has 3 aromatic rings. The minimum atomic E-state index is -0.0235. The monoisotopic (exact) mass is 426 g/mol. The highest BCUT2D eigenvalue weighted by Crippen LogP contribution is 2.28. The van der Waals surface area contributed by atoms with Gasteiger partial charge in [-0.15, -0.1) is 11.8 Å². The van der Waals surface area contributed by atoms with Crippen molar-refractivity contribution < 1.29 is 4.79 Å². The Bertz CT molecular complexity index is 836. The lowest BCUT2D eigenvalue weighted by molar-refractivity contribution is -0.115. The van der Waals surface area contributed by atoms with Gasteiger partial charge in [0, 0.05) is 26.6 Å². The first-order valence-electron chi connectivity index (χ1n) is 6.84. The number of amides is 1. The largest absolute Gasteiger partial charge is 0.302 e. The van der Waals surface area contributed by atoms with Crippen molar-refractivity contribution in [2.75, 3.05) is 11.1 Å². The maximum absolute atomic E-state index is 12.0. The highest BCUT2D eigenvalue weighted by Gasteiger charge is 2.08. The summed E-state index contributed by atoms with van der Waals surface area (Å²) in [4.78, 5) is 17.5. The van der Waals surface area contributed by atoms with Crippen LogP contribution in [0.1, 0.15) is 6.42 Å². The van der Waals surface area contributed by atoms with E-state index in [2.05, 4.69) is 26.2 Å². The molecule has 0 saturated carbocycles. The Morgan fingerprint density at radius 2 is 2.04 bits per heavy atom. The van der Waals surface area contributed by atoms with E-state index in [-0.39, 0.29) is 5.91 Å². The van der Waals surface area contributed by atoms with Crippen LogP contribution in [0.5, 0.6) is 0 Å².